The first-order chi connectivity index (χ1) is 11.7. The molecule has 116 valence electrons. The molecule has 1 aliphatic heterocycles. The van der Waals surface area contributed by atoms with Gasteiger partial charge < -0.3 is 10.5 Å². The molecule has 3 aromatic carbocycles. The molecule has 0 saturated carbocycles. The van der Waals surface area contributed by atoms with Gasteiger partial charge in [0.25, 0.3) is 0 Å². The molecule has 0 amide bonds. The van der Waals surface area contributed by atoms with E-state index in [-0.39, 0.29) is 11.8 Å². The number of nitriles is 1. The largest absolute Gasteiger partial charge is 0.440 e. The Kier molecular flexibility index (Phi) is 3.25. The predicted octanol–water partition coefficient (Wildman–Crippen LogP) is 4.37. The van der Waals surface area contributed by atoms with Gasteiger partial charge in [-0.1, -0.05) is 60.7 Å². The number of allylic oxidation sites excluding steroid dienone is 1. The monoisotopic (exact) mass is 312 g/mol. The zero-order chi connectivity index (χ0) is 16.7. The summed E-state index contributed by atoms with van der Waals surface area (Å²) in [6.07, 6.45) is 0. The fourth-order valence-electron chi connectivity index (χ4n) is 3.42. The predicted molar refractivity (Wildman–Crippen MR) is 94.4 cm³/mol. The molecule has 0 fully saturated rings. The van der Waals surface area contributed by atoms with Gasteiger partial charge in [0, 0.05) is 10.9 Å². The van der Waals surface area contributed by atoms with E-state index in [1.54, 1.807) is 0 Å². The molecule has 1 atom stereocenters. The number of ether oxygens (including phenoxy) is 1. The Morgan fingerprint density at radius 1 is 0.958 bits per heavy atom. The standard InChI is InChI=1S/C21H16N2O/c1-13-6-2-4-8-15(13)19-17-11-10-14-7-3-5-9-16(14)20(17)24-21(23)18(19)12-22/h2-11,19H,23H2,1H3/t19-/m1/s1. The average molecular weight is 312 g/mol. The lowest BCUT2D eigenvalue weighted by Gasteiger charge is -2.28. The number of fused-ring (bicyclic) bond motifs is 3. The number of nitrogens with zero attached hydrogens (tertiary/aromatic N) is 1. The van der Waals surface area contributed by atoms with Crippen LogP contribution in [0.25, 0.3) is 10.8 Å². The van der Waals surface area contributed by atoms with Crippen molar-refractivity contribution in [3.05, 3.63) is 88.8 Å². The topological polar surface area (TPSA) is 59.0 Å². The first-order valence-corrected chi connectivity index (χ1v) is 7.85. The molecule has 0 unspecified atom stereocenters. The van der Waals surface area contributed by atoms with Crippen LogP contribution in [0.4, 0.5) is 0 Å². The van der Waals surface area contributed by atoms with Gasteiger partial charge in [0.1, 0.15) is 17.4 Å². The van der Waals surface area contributed by atoms with Crippen molar-refractivity contribution < 1.29 is 4.74 Å². The van der Waals surface area contributed by atoms with Gasteiger partial charge in [-0.25, -0.2) is 0 Å². The van der Waals surface area contributed by atoms with Gasteiger partial charge in [0.15, 0.2) is 0 Å². The van der Waals surface area contributed by atoms with Crippen LogP contribution in [0.5, 0.6) is 5.75 Å². The van der Waals surface area contributed by atoms with Crippen molar-refractivity contribution in [1.29, 1.82) is 5.26 Å². The molecule has 0 saturated heterocycles. The van der Waals surface area contributed by atoms with Crippen LogP contribution in [-0.2, 0) is 0 Å². The molecule has 1 heterocycles. The number of hydrogen-bond acceptors (Lipinski definition) is 3. The molecule has 3 heteroatoms. The van der Waals surface area contributed by atoms with Crippen molar-refractivity contribution >= 4 is 10.8 Å². The van der Waals surface area contributed by atoms with Crippen molar-refractivity contribution in [2.45, 2.75) is 12.8 Å². The minimum Gasteiger partial charge on any atom is -0.440 e. The van der Waals surface area contributed by atoms with Crippen LogP contribution >= 0.6 is 0 Å². The summed E-state index contributed by atoms with van der Waals surface area (Å²) < 4.78 is 5.88. The van der Waals surface area contributed by atoms with Crippen LogP contribution in [-0.4, -0.2) is 0 Å². The second-order valence-corrected chi connectivity index (χ2v) is 5.99. The van der Waals surface area contributed by atoms with Crippen molar-refractivity contribution in [2.24, 2.45) is 5.73 Å². The molecular formula is C21H16N2O. The number of benzene rings is 3. The van der Waals surface area contributed by atoms with E-state index in [4.69, 9.17) is 10.5 Å². The Bertz CT molecular complexity index is 1030. The summed E-state index contributed by atoms with van der Waals surface area (Å²) in [5.74, 6) is 0.733. The maximum atomic E-state index is 9.66. The Morgan fingerprint density at radius 2 is 1.71 bits per heavy atom. The molecular weight excluding hydrogens is 296 g/mol. The van der Waals surface area contributed by atoms with Crippen LogP contribution in [0.1, 0.15) is 22.6 Å². The SMILES string of the molecule is Cc1ccccc1[C@H]1C(C#N)=C(N)Oc2c1ccc1ccccc21. The lowest BCUT2D eigenvalue weighted by Crippen LogP contribution is -2.21. The van der Waals surface area contributed by atoms with E-state index >= 15 is 0 Å². The molecule has 1 aliphatic rings. The quantitative estimate of drug-likeness (QED) is 0.726. The average Bonchev–Trinajstić information content (AvgIpc) is 2.61. The van der Waals surface area contributed by atoms with E-state index in [9.17, 15) is 5.26 Å². The lowest BCUT2D eigenvalue weighted by molar-refractivity contribution is 0.398. The second kappa shape index (κ2) is 5.43. The zero-order valence-corrected chi connectivity index (χ0v) is 13.3. The van der Waals surface area contributed by atoms with E-state index in [1.165, 1.54) is 0 Å². The molecule has 0 spiro atoms. The van der Waals surface area contributed by atoms with Crippen molar-refractivity contribution in [3.8, 4) is 11.8 Å². The van der Waals surface area contributed by atoms with Gasteiger partial charge in [-0.15, -0.1) is 0 Å². The van der Waals surface area contributed by atoms with Gasteiger partial charge >= 0.3 is 0 Å². The molecule has 0 bridgehead atoms. The number of rotatable bonds is 1. The summed E-state index contributed by atoms with van der Waals surface area (Å²) in [6, 6.07) is 22.5. The van der Waals surface area contributed by atoms with Gasteiger partial charge in [-0.2, -0.15) is 5.26 Å². The van der Waals surface area contributed by atoms with E-state index in [1.807, 2.05) is 42.5 Å². The third-order valence-corrected chi connectivity index (χ3v) is 4.61. The number of hydrogen-bond donors (Lipinski definition) is 1. The Labute approximate surface area is 140 Å². The highest BCUT2D eigenvalue weighted by molar-refractivity contribution is 5.91. The summed E-state index contributed by atoms with van der Waals surface area (Å²) in [6.45, 7) is 2.05. The van der Waals surface area contributed by atoms with Gasteiger partial charge in [-0.05, 0) is 23.4 Å². The van der Waals surface area contributed by atoms with E-state index in [0.29, 0.717) is 5.57 Å². The van der Waals surface area contributed by atoms with Crippen molar-refractivity contribution in [3.63, 3.8) is 0 Å². The highest BCUT2D eigenvalue weighted by Gasteiger charge is 2.32. The van der Waals surface area contributed by atoms with Crippen LogP contribution in [0.15, 0.2) is 72.1 Å². The fourth-order valence-corrected chi connectivity index (χ4v) is 3.42. The van der Waals surface area contributed by atoms with Crippen molar-refractivity contribution in [1.82, 2.24) is 0 Å². The zero-order valence-electron chi connectivity index (χ0n) is 13.3. The molecule has 3 nitrogen and oxygen atoms in total. The molecule has 0 radical (unpaired) electrons. The summed E-state index contributed by atoms with van der Waals surface area (Å²) in [7, 11) is 0. The fraction of sp³-hybridized carbons (Fsp3) is 0.0952. The maximum Gasteiger partial charge on any atom is 0.205 e. The lowest BCUT2D eigenvalue weighted by atomic mass is 9.81. The van der Waals surface area contributed by atoms with Gasteiger partial charge in [0.05, 0.1) is 5.92 Å². The summed E-state index contributed by atoms with van der Waals surface area (Å²) in [4.78, 5) is 0. The van der Waals surface area contributed by atoms with Crippen LogP contribution < -0.4 is 10.5 Å². The Morgan fingerprint density at radius 3 is 2.50 bits per heavy atom. The normalized spacial score (nSPS) is 16.4. The Hall–Kier alpha value is -3.25. The molecule has 0 aliphatic carbocycles. The highest BCUT2D eigenvalue weighted by Crippen LogP contribution is 2.45. The van der Waals surface area contributed by atoms with Gasteiger partial charge in [-0.3, -0.25) is 0 Å². The number of nitrogens with two attached hydrogens (primary N) is 1. The van der Waals surface area contributed by atoms with Crippen LogP contribution in [0.2, 0.25) is 0 Å². The smallest absolute Gasteiger partial charge is 0.205 e. The minimum absolute atomic E-state index is 0.189. The van der Waals surface area contributed by atoms with Crippen LogP contribution in [0, 0.1) is 18.3 Å². The summed E-state index contributed by atoms with van der Waals surface area (Å²) in [5.41, 5.74) is 9.76. The third kappa shape index (κ3) is 2.04. The van der Waals surface area contributed by atoms with Crippen molar-refractivity contribution in [2.75, 3.05) is 0 Å². The van der Waals surface area contributed by atoms with Crippen LogP contribution in [0.3, 0.4) is 0 Å². The molecule has 2 N–H and O–H groups in total. The highest BCUT2D eigenvalue weighted by atomic mass is 16.5. The van der Waals surface area contributed by atoms with E-state index in [0.717, 1.165) is 33.2 Å². The molecule has 4 rings (SSSR count). The third-order valence-electron chi connectivity index (χ3n) is 4.61. The molecule has 24 heavy (non-hydrogen) atoms. The Balaban J connectivity index is 2.05. The van der Waals surface area contributed by atoms with E-state index in [2.05, 4.69) is 31.2 Å². The first-order valence-electron chi connectivity index (χ1n) is 7.85. The second-order valence-electron chi connectivity index (χ2n) is 5.99. The first kappa shape index (κ1) is 14.3. The summed E-state index contributed by atoms with van der Waals surface area (Å²) >= 11 is 0. The summed E-state index contributed by atoms with van der Waals surface area (Å²) in [5, 5.41) is 11.8. The minimum atomic E-state index is -0.204. The van der Waals surface area contributed by atoms with Gasteiger partial charge in [0.2, 0.25) is 5.88 Å². The van der Waals surface area contributed by atoms with E-state index < -0.39 is 0 Å². The number of aryl methyl sites for hydroxylation is 1. The molecule has 3 aromatic rings. The molecule has 0 aromatic heterocycles. The maximum absolute atomic E-state index is 9.66.